The molecule has 1 N–H and O–H groups in total. The van der Waals surface area contributed by atoms with Crippen LogP contribution >= 0.6 is 0 Å². The molecular formula is C15H26O. The second-order valence-electron chi connectivity index (χ2n) is 6.01. The SMILES string of the molecule is C=C[C@]1(C)CC[C@@H](C(C)C)C[C@]1(O)C(=C)C. The fourth-order valence-corrected chi connectivity index (χ4v) is 2.91. The third-order valence-corrected chi connectivity index (χ3v) is 4.64. The van der Waals surface area contributed by atoms with Crippen LogP contribution in [-0.2, 0) is 0 Å². The maximum atomic E-state index is 10.9. The molecule has 0 radical (unpaired) electrons. The largest absolute Gasteiger partial charge is 0.385 e. The average molecular weight is 222 g/mol. The van der Waals surface area contributed by atoms with Crippen LogP contribution in [0.25, 0.3) is 0 Å². The molecule has 0 saturated heterocycles. The number of aliphatic hydroxyl groups is 1. The molecule has 1 aliphatic carbocycles. The topological polar surface area (TPSA) is 20.2 Å². The molecule has 0 heterocycles. The lowest BCUT2D eigenvalue weighted by Crippen LogP contribution is -2.51. The van der Waals surface area contributed by atoms with E-state index >= 15 is 0 Å². The van der Waals surface area contributed by atoms with Crippen molar-refractivity contribution >= 4 is 0 Å². The quantitative estimate of drug-likeness (QED) is 0.717. The van der Waals surface area contributed by atoms with Gasteiger partial charge in [0.1, 0.15) is 0 Å². The fraction of sp³-hybridized carbons (Fsp3) is 0.733. The Hall–Kier alpha value is -0.560. The van der Waals surface area contributed by atoms with Crippen molar-refractivity contribution in [3.05, 3.63) is 24.8 Å². The van der Waals surface area contributed by atoms with Crippen molar-refractivity contribution in [3.8, 4) is 0 Å². The summed E-state index contributed by atoms with van der Waals surface area (Å²) in [4.78, 5) is 0. The Morgan fingerprint density at radius 2 is 2.06 bits per heavy atom. The molecule has 0 aromatic carbocycles. The van der Waals surface area contributed by atoms with Crippen LogP contribution < -0.4 is 0 Å². The predicted molar refractivity (Wildman–Crippen MR) is 70.2 cm³/mol. The van der Waals surface area contributed by atoms with Gasteiger partial charge in [-0.3, -0.25) is 0 Å². The van der Waals surface area contributed by atoms with Gasteiger partial charge in [0, 0.05) is 5.41 Å². The summed E-state index contributed by atoms with van der Waals surface area (Å²) in [5.41, 5.74) is -0.119. The Morgan fingerprint density at radius 3 is 2.44 bits per heavy atom. The minimum absolute atomic E-state index is 0.218. The van der Waals surface area contributed by atoms with E-state index in [4.69, 9.17) is 0 Å². The average Bonchev–Trinajstić information content (AvgIpc) is 2.21. The van der Waals surface area contributed by atoms with Crippen LogP contribution in [0.5, 0.6) is 0 Å². The van der Waals surface area contributed by atoms with E-state index in [2.05, 4.69) is 33.9 Å². The molecule has 0 bridgehead atoms. The van der Waals surface area contributed by atoms with Gasteiger partial charge in [-0.05, 0) is 43.6 Å². The third kappa shape index (κ3) is 1.98. The first-order valence-electron chi connectivity index (χ1n) is 6.29. The summed E-state index contributed by atoms with van der Waals surface area (Å²) in [7, 11) is 0. The molecule has 0 unspecified atom stereocenters. The first-order chi connectivity index (χ1) is 7.27. The number of hydrogen-bond acceptors (Lipinski definition) is 1. The zero-order valence-electron chi connectivity index (χ0n) is 11.2. The first kappa shape index (κ1) is 13.5. The molecule has 0 aliphatic heterocycles. The van der Waals surface area contributed by atoms with E-state index in [1.807, 2.05) is 13.0 Å². The molecule has 1 nitrogen and oxygen atoms in total. The summed E-state index contributed by atoms with van der Waals surface area (Å²) in [5, 5.41) is 10.9. The molecule has 1 aliphatic rings. The molecule has 16 heavy (non-hydrogen) atoms. The van der Waals surface area contributed by atoms with Crippen LogP contribution in [-0.4, -0.2) is 10.7 Å². The highest BCUT2D eigenvalue weighted by Crippen LogP contribution is 2.51. The molecule has 1 rings (SSSR count). The van der Waals surface area contributed by atoms with Crippen molar-refractivity contribution in [2.75, 3.05) is 0 Å². The molecule has 1 fully saturated rings. The Bertz CT molecular complexity index is 292. The normalized spacial score (nSPS) is 39.8. The van der Waals surface area contributed by atoms with Crippen LogP contribution in [0.2, 0.25) is 0 Å². The number of hydrogen-bond donors (Lipinski definition) is 1. The van der Waals surface area contributed by atoms with Gasteiger partial charge in [-0.2, -0.15) is 0 Å². The lowest BCUT2D eigenvalue weighted by molar-refractivity contribution is -0.0739. The Balaban J connectivity index is 3.04. The Kier molecular flexibility index (Phi) is 3.69. The van der Waals surface area contributed by atoms with Crippen molar-refractivity contribution in [1.29, 1.82) is 0 Å². The van der Waals surface area contributed by atoms with Gasteiger partial charge in [-0.1, -0.05) is 33.4 Å². The molecule has 3 atom stereocenters. The van der Waals surface area contributed by atoms with E-state index in [1.54, 1.807) is 0 Å². The maximum Gasteiger partial charge on any atom is 0.0941 e. The van der Waals surface area contributed by atoms with Crippen LogP contribution in [0.4, 0.5) is 0 Å². The van der Waals surface area contributed by atoms with Crippen LogP contribution in [0.1, 0.15) is 47.0 Å². The highest BCUT2D eigenvalue weighted by atomic mass is 16.3. The maximum absolute atomic E-state index is 10.9. The van der Waals surface area contributed by atoms with Crippen molar-refractivity contribution in [3.63, 3.8) is 0 Å². The van der Waals surface area contributed by atoms with Gasteiger partial charge < -0.3 is 5.11 Å². The van der Waals surface area contributed by atoms with Gasteiger partial charge in [0.05, 0.1) is 5.60 Å². The Morgan fingerprint density at radius 1 is 1.50 bits per heavy atom. The minimum Gasteiger partial charge on any atom is -0.385 e. The van der Waals surface area contributed by atoms with Crippen molar-refractivity contribution in [2.45, 2.75) is 52.6 Å². The molecule has 1 saturated carbocycles. The van der Waals surface area contributed by atoms with Crippen LogP contribution in [0, 0.1) is 17.3 Å². The second-order valence-corrected chi connectivity index (χ2v) is 6.01. The summed E-state index contributed by atoms with van der Waals surface area (Å²) >= 11 is 0. The zero-order valence-corrected chi connectivity index (χ0v) is 11.2. The highest BCUT2D eigenvalue weighted by molar-refractivity contribution is 5.23. The summed E-state index contributed by atoms with van der Waals surface area (Å²) in [6, 6.07) is 0. The van der Waals surface area contributed by atoms with Crippen LogP contribution in [0.3, 0.4) is 0 Å². The molecule has 92 valence electrons. The smallest absolute Gasteiger partial charge is 0.0941 e. The first-order valence-corrected chi connectivity index (χ1v) is 6.29. The highest BCUT2D eigenvalue weighted by Gasteiger charge is 2.50. The third-order valence-electron chi connectivity index (χ3n) is 4.64. The van der Waals surface area contributed by atoms with E-state index in [1.165, 1.54) is 6.42 Å². The second kappa shape index (κ2) is 4.37. The fourth-order valence-electron chi connectivity index (χ4n) is 2.91. The van der Waals surface area contributed by atoms with E-state index in [0.29, 0.717) is 11.8 Å². The molecule has 1 heteroatoms. The monoisotopic (exact) mass is 222 g/mol. The van der Waals surface area contributed by atoms with E-state index in [-0.39, 0.29) is 5.41 Å². The minimum atomic E-state index is -0.776. The van der Waals surface area contributed by atoms with Gasteiger partial charge in [0.15, 0.2) is 0 Å². The summed E-state index contributed by atoms with van der Waals surface area (Å²) in [6.45, 7) is 16.4. The van der Waals surface area contributed by atoms with Gasteiger partial charge in [0.2, 0.25) is 0 Å². The van der Waals surface area contributed by atoms with E-state index in [9.17, 15) is 5.11 Å². The van der Waals surface area contributed by atoms with Gasteiger partial charge in [-0.25, -0.2) is 0 Å². The lowest BCUT2D eigenvalue weighted by Gasteiger charge is -2.51. The Labute approximate surface area is 100 Å². The molecule has 0 amide bonds. The summed E-state index contributed by atoms with van der Waals surface area (Å²) < 4.78 is 0. The van der Waals surface area contributed by atoms with Gasteiger partial charge >= 0.3 is 0 Å². The molecule has 0 aromatic heterocycles. The lowest BCUT2D eigenvalue weighted by atomic mass is 9.57. The molecular weight excluding hydrogens is 196 g/mol. The summed E-state index contributed by atoms with van der Waals surface area (Å²) in [6.07, 6.45) is 4.92. The predicted octanol–water partition coefficient (Wildman–Crippen LogP) is 3.94. The van der Waals surface area contributed by atoms with Crippen LogP contribution in [0.15, 0.2) is 24.8 Å². The summed E-state index contributed by atoms with van der Waals surface area (Å²) in [5.74, 6) is 1.22. The van der Waals surface area contributed by atoms with Gasteiger partial charge in [-0.15, -0.1) is 6.58 Å². The molecule has 0 aromatic rings. The van der Waals surface area contributed by atoms with Crippen molar-refractivity contribution in [2.24, 2.45) is 17.3 Å². The number of rotatable bonds is 3. The molecule has 0 spiro atoms. The zero-order chi connectivity index (χ0) is 12.6. The van der Waals surface area contributed by atoms with E-state index in [0.717, 1.165) is 18.4 Å². The van der Waals surface area contributed by atoms with Crippen molar-refractivity contribution in [1.82, 2.24) is 0 Å². The van der Waals surface area contributed by atoms with Crippen molar-refractivity contribution < 1.29 is 5.11 Å². The van der Waals surface area contributed by atoms with Gasteiger partial charge in [0.25, 0.3) is 0 Å². The standard InChI is InChI=1S/C15H26O/c1-7-14(6)9-8-13(11(2)3)10-15(14,16)12(4)5/h7,11,13,16H,1,4,8-10H2,2-3,5-6H3/t13-,14-,15+/m1/s1. The van der Waals surface area contributed by atoms with E-state index < -0.39 is 5.60 Å².